The van der Waals surface area contributed by atoms with E-state index in [1.54, 1.807) is 13.8 Å². The highest BCUT2D eigenvalue weighted by atomic mass is 16.4. The summed E-state index contributed by atoms with van der Waals surface area (Å²) in [7, 11) is 0. The van der Waals surface area contributed by atoms with E-state index in [4.69, 9.17) is 0 Å². The van der Waals surface area contributed by atoms with Crippen LogP contribution in [0.1, 0.15) is 30.5 Å². The minimum Gasteiger partial charge on any atom is -0.481 e. The predicted octanol–water partition coefficient (Wildman–Crippen LogP) is 2.80. The number of pyridine rings is 1. The van der Waals surface area contributed by atoms with Crippen LogP contribution in [0.25, 0.3) is 10.9 Å². The van der Waals surface area contributed by atoms with Crippen LogP contribution in [-0.4, -0.2) is 16.1 Å². The fourth-order valence-electron chi connectivity index (χ4n) is 2.30. The zero-order valence-corrected chi connectivity index (χ0v) is 12.2. The van der Waals surface area contributed by atoms with E-state index < -0.39 is 11.4 Å². The van der Waals surface area contributed by atoms with Crippen LogP contribution in [0.3, 0.4) is 0 Å². The topological polar surface area (TPSA) is 70.2 Å². The van der Waals surface area contributed by atoms with Crippen molar-refractivity contribution in [3.8, 4) is 0 Å². The molecular weight excluding hydrogens is 254 g/mol. The Labute approximate surface area is 117 Å². The highest BCUT2D eigenvalue weighted by Crippen LogP contribution is 2.24. The van der Waals surface area contributed by atoms with Gasteiger partial charge in [-0.15, -0.1) is 0 Å². The summed E-state index contributed by atoms with van der Waals surface area (Å²) in [6.07, 6.45) is 0.209. The van der Waals surface area contributed by atoms with Crippen molar-refractivity contribution in [2.45, 2.75) is 34.1 Å². The van der Waals surface area contributed by atoms with E-state index >= 15 is 0 Å². The molecule has 0 spiro atoms. The van der Waals surface area contributed by atoms with Crippen molar-refractivity contribution in [1.82, 2.24) is 4.98 Å². The van der Waals surface area contributed by atoms with Crippen molar-refractivity contribution >= 4 is 16.9 Å². The lowest BCUT2D eigenvalue weighted by Crippen LogP contribution is -2.29. The highest BCUT2D eigenvalue weighted by Gasteiger charge is 2.28. The second kappa shape index (κ2) is 4.78. The zero-order chi connectivity index (χ0) is 15.1. The standard InChI is InChI=1S/C16H19NO3/c1-9-5-6-10(2)13-12(9)7-11(14(18)17-13)8-16(3,4)15(19)20/h5-7H,8H2,1-4H3,(H,17,18)(H,19,20). The Bertz CT molecular complexity index is 741. The monoisotopic (exact) mass is 273 g/mol. The average Bonchev–Trinajstić information content (AvgIpc) is 2.35. The second-order valence-corrected chi connectivity index (χ2v) is 5.98. The van der Waals surface area contributed by atoms with Crippen LogP contribution in [0, 0.1) is 19.3 Å². The smallest absolute Gasteiger partial charge is 0.309 e. The Hall–Kier alpha value is -2.10. The zero-order valence-electron chi connectivity index (χ0n) is 12.2. The van der Waals surface area contributed by atoms with Crippen LogP contribution < -0.4 is 5.56 Å². The van der Waals surface area contributed by atoms with Crippen LogP contribution in [0.15, 0.2) is 23.0 Å². The Kier molecular flexibility index (Phi) is 3.42. The Morgan fingerprint density at radius 1 is 1.25 bits per heavy atom. The summed E-state index contributed by atoms with van der Waals surface area (Å²) in [4.78, 5) is 26.2. The molecule has 1 heterocycles. The van der Waals surface area contributed by atoms with E-state index in [0.29, 0.717) is 5.56 Å². The molecule has 0 unspecified atom stereocenters. The minimum atomic E-state index is -0.960. The van der Waals surface area contributed by atoms with Gasteiger partial charge < -0.3 is 10.1 Å². The fourth-order valence-corrected chi connectivity index (χ4v) is 2.30. The number of nitrogens with one attached hydrogen (secondary N) is 1. The van der Waals surface area contributed by atoms with Crippen molar-refractivity contribution < 1.29 is 9.90 Å². The molecule has 1 aromatic carbocycles. The largest absolute Gasteiger partial charge is 0.481 e. The van der Waals surface area contributed by atoms with Gasteiger partial charge in [-0.2, -0.15) is 0 Å². The van der Waals surface area contributed by atoms with Gasteiger partial charge in [0.2, 0.25) is 0 Å². The summed E-state index contributed by atoms with van der Waals surface area (Å²) in [6.45, 7) is 7.18. The Balaban J connectivity index is 2.62. The van der Waals surface area contributed by atoms with E-state index in [0.717, 1.165) is 22.0 Å². The molecule has 0 fully saturated rings. The molecule has 20 heavy (non-hydrogen) atoms. The minimum absolute atomic E-state index is 0.208. The van der Waals surface area contributed by atoms with Gasteiger partial charge in [0.05, 0.1) is 10.9 Å². The van der Waals surface area contributed by atoms with Gasteiger partial charge in [0.15, 0.2) is 0 Å². The molecule has 0 bridgehead atoms. The van der Waals surface area contributed by atoms with Gasteiger partial charge in [-0.25, -0.2) is 0 Å². The average molecular weight is 273 g/mol. The van der Waals surface area contributed by atoms with Gasteiger partial charge in [-0.1, -0.05) is 12.1 Å². The molecule has 2 N–H and O–H groups in total. The van der Waals surface area contributed by atoms with Gasteiger partial charge in [-0.05, 0) is 51.3 Å². The number of aromatic nitrogens is 1. The first-order valence-electron chi connectivity index (χ1n) is 6.58. The number of aryl methyl sites for hydroxylation is 2. The van der Waals surface area contributed by atoms with E-state index in [1.165, 1.54) is 0 Å². The summed E-state index contributed by atoms with van der Waals surface area (Å²) in [5, 5.41) is 10.2. The first kappa shape index (κ1) is 14.3. The number of carbonyl (C=O) groups is 1. The maximum Gasteiger partial charge on any atom is 0.309 e. The van der Waals surface area contributed by atoms with Crippen LogP contribution in [0.5, 0.6) is 0 Å². The van der Waals surface area contributed by atoms with Gasteiger partial charge in [0.25, 0.3) is 5.56 Å². The predicted molar refractivity (Wildman–Crippen MR) is 79.2 cm³/mol. The van der Waals surface area contributed by atoms with Crippen molar-refractivity contribution in [3.05, 3.63) is 45.2 Å². The SMILES string of the molecule is Cc1ccc(C)c2[nH]c(=O)c(CC(C)(C)C(=O)O)cc12. The summed E-state index contributed by atoms with van der Waals surface area (Å²) < 4.78 is 0. The number of carboxylic acid groups (broad SMARTS) is 1. The van der Waals surface area contributed by atoms with E-state index in [2.05, 4.69) is 4.98 Å². The normalized spacial score (nSPS) is 11.8. The van der Waals surface area contributed by atoms with Crippen LogP contribution >= 0.6 is 0 Å². The lowest BCUT2D eigenvalue weighted by molar-refractivity contribution is -0.146. The molecule has 106 valence electrons. The molecular formula is C16H19NO3. The molecule has 0 saturated carbocycles. The lowest BCUT2D eigenvalue weighted by Gasteiger charge is -2.19. The third-order valence-electron chi connectivity index (χ3n) is 3.73. The number of benzene rings is 1. The van der Waals surface area contributed by atoms with Gasteiger partial charge in [0, 0.05) is 10.9 Å². The molecule has 0 atom stereocenters. The molecule has 0 aliphatic carbocycles. The molecule has 4 nitrogen and oxygen atoms in total. The van der Waals surface area contributed by atoms with Gasteiger partial charge in [0.1, 0.15) is 0 Å². The number of aliphatic carboxylic acids is 1. The third kappa shape index (κ3) is 2.46. The number of H-pyrrole nitrogens is 1. The van der Waals surface area contributed by atoms with Crippen molar-refractivity contribution in [1.29, 1.82) is 0 Å². The Morgan fingerprint density at radius 2 is 1.85 bits per heavy atom. The summed E-state index contributed by atoms with van der Waals surface area (Å²) >= 11 is 0. The quantitative estimate of drug-likeness (QED) is 0.903. The van der Waals surface area contributed by atoms with Crippen LogP contribution in [0.2, 0.25) is 0 Å². The second-order valence-electron chi connectivity index (χ2n) is 5.98. The summed E-state index contributed by atoms with van der Waals surface area (Å²) in [5.41, 5.74) is 2.24. The molecule has 0 aliphatic rings. The van der Waals surface area contributed by atoms with E-state index in [-0.39, 0.29) is 12.0 Å². The van der Waals surface area contributed by atoms with Crippen LogP contribution in [0.4, 0.5) is 0 Å². The maximum absolute atomic E-state index is 12.1. The number of hydrogen-bond acceptors (Lipinski definition) is 2. The molecule has 0 aliphatic heterocycles. The van der Waals surface area contributed by atoms with E-state index in [1.807, 2.05) is 32.0 Å². The number of aromatic amines is 1. The van der Waals surface area contributed by atoms with Crippen molar-refractivity contribution in [3.63, 3.8) is 0 Å². The maximum atomic E-state index is 12.1. The fraction of sp³-hybridized carbons (Fsp3) is 0.375. The van der Waals surface area contributed by atoms with Crippen LogP contribution in [-0.2, 0) is 11.2 Å². The molecule has 2 aromatic rings. The highest BCUT2D eigenvalue weighted by molar-refractivity contribution is 5.85. The third-order valence-corrected chi connectivity index (χ3v) is 3.73. The molecule has 2 rings (SSSR count). The first-order valence-corrected chi connectivity index (χ1v) is 6.58. The van der Waals surface area contributed by atoms with Crippen molar-refractivity contribution in [2.75, 3.05) is 0 Å². The van der Waals surface area contributed by atoms with E-state index in [9.17, 15) is 14.7 Å². The molecule has 0 amide bonds. The molecule has 0 saturated heterocycles. The lowest BCUT2D eigenvalue weighted by atomic mass is 9.86. The van der Waals surface area contributed by atoms with Gasteiger partial charge >= 0.3 is 5.97 Å². The van der Waals surface area contributed by atoms with Gasteiger partial charge in [-0.3, -0.25) is 9.59 Å². The summed E-state index contributed by atoms with van der Waals surface area (Å²) in [6, 6.07) is 5.79. The summed E-state index contributed by atoms with van der Waals surface area (Å²) in [5.74, 6) is -0.905. The molecule has 0 radical (unpaired) electrons. The first-order chi connectivity index (χ1) is 9.22. The number of rotatable bonds is 3. The van der Waals surface area contributed by atoms with Crippen molar-refractivity contribution in [2.24, 2.45) is 5.41 Å². The number of carboxylic acids is 1. The molecule has 4 heteroatoms. The Morgan fingerprint density at radius 3 is 2.45 bits per heavy atom. The number of fused-ring (bicyclic) bond motifs is 1. The molecule has 1 aromatic heterocycles. The number of hydrogen-bond donors (Lipinski definition) is 2.